The van der Waals surface area contributed by atoms with Crippen LogP contribution in [-0.4, -0.2) is 18.4 Å². The molecule has 1 aliphatic carbocycles. The predicted molar refractivity (Wildman–Crippen MR) is 31.4 cm³/mol. The molecule has 0 spiro atoms. The first-order valence-electron chi connectivity index (χ1n) is 2.84. The fourth-order valence-corrected chi connectivity index (χ4v) is 0.720. The topological polar surface area (TPSA) is 29.1 Å². The normalized spacial score (nSPS) is 22.6. The van der Waals surface area contributed by atoms with Gasteiger partial charge in [0.2, 0.25) is 0 Å². The zero-order chi connectivity index (χ0) is 6.04. The molecule has 0 bridgehead atoms. The van der Waals surface area contributed by atoms with E-state index in [1.807, 2.05) is 0 Å². The van der Waals surface area contributed by atoms with E-state index < -0.39 is 0 Å². The van der Waals surface area contributed by atoms with E-state index in [1.54, 1.807) is 0 Å². The molecule has 1 fully saturated rings. The van der Waals surface area contributed by atoms with Crippen LogP contribution in [0.25, 0.3) is 0 Å². The summed E-state index contributed by atoms with van der Waals surface area (Å²) in [7, 11) is 0. The van der Waals surface area contributed by atoms with Crippen LogP contribution >= 0.6 is 0 Å². The smallest absolute Gasteiger partial charge is 0.140 e. The Morgan fingerprint density at radius 3 is 2.50 bits per heavy atom. The fraction of sp³-hybridized carbons (Fsp3) is 0.667. The average molecular weight is 112 g/mol. The SMILES string of the molecule is [CH2]CNC1(C=O)CC1. The molecule has 45 valence electrons. The fourth-order valence-electron chi connectivity index (χ4n) is 0.720. The highest BCUT2D eigenvalue weighted by Gasteiger charge is 2.41. The minimum atomic E-state index is -0.151. The van der Waals surface area contributed by atoms with Gasteiger partial charge in [0, 0.05) is 0 Å². The van der Waals surface area contributed by atoms with Crippen molar-refractivity contribution in [3.63, 3.8) is 0 Å². The van der Waals surface area contributed by atoms with Crippen molar-refractivity contribution < 1.29 is 4.79 Å². The predicted octanol–water partition coefficient (Wildman–Crippen LogP) is 0.142. The third kappa shape index (κ3) is 0.892. The summed E-state index contributed by atoms with van der Waals surface area (Å²) in [5, 5.41) is 3.00. The lowest BCUT2D eigenvalue weighted by Crippen LogP contribution is -2.32. The van der Waals surface area contributed by atoms with Crippen LogP contribution in [0.1, 0.15) is 12.8 Å². The van der Waals surface area contributed by atoms with Crippen molar-refractivity contribution in [1.29, 1.82) is 0 Å². The third-order valence-electron chi connectivity index (χ3n) is 1.49. The Balaban J connectivity index is 2.30. The van der Waals surface area contributed by atoms with Crippen molar-refractivity contribution in [3.8, 4) is 0 Å². The van der Waals surface area contributed by atoms with Gasteiger partial charge in [-0.1, -0.05) is 0 Å². The number of carbonyl (C=O) groups excluding carboxylic acids is 1. The molecule has 1 radical (unpaired) electrons. The van der Waals surface area contributed by atoms with E-state index in [-0.39, 0.29) is 5.54 Å². The molecule has 0 aromatic rings. The molecular weight excluding hydrogens is 102 g/mol. The Morgan fingerprint density at radius 1 is 1.75 bits per heavy atom. The minimum Gasteiger partial charge on any atom is -0.305 e. The monoisotopic (exact) mass is 112 g/mol. The van der Waals surface area contributed by atoms with Crippen LogP contribution in [-0.2, 0) is 4.79 Å². The first kappa shape index (κ1) is 5.76. The summed E-state index contributed by atoms with van der Waals surface area (Å²) in [6.07, 6.45) is 2.97. The molecule has 0 amide bonds. The van der Waals surface area contributed by atoms with Gasteiger partial charge < -0.3 is 10.1 Å². The van der Waals surface area contributed by atoms with Crippen molar-refractivity contribution >= 4 is 6.29 Å². The quantitative estimate of drug-likeness (QED) is 0.526. The van der Waals surface area contributed by atoms with E-state index >= 15 is 0 Å². The van der Waals surface area contributed by atoms with Crippen molar-refractivity contribution in [1.82, 2.24) is 5.32 Å². The van der Waals surface area contributed by atoms with Crippen LogP contribution in [0.5, 0.6) is 0 Å². The Kier molecular flexibility index (Phi) is 1.34. The molecular formula is C6H10NO. The maximum Gasteiger partial charge on any atom is 0.140 e. The van der Waals surface area contributed by atoms with Gasteiger partial charge in [0.05, 0.1) is 5.54 Å². The Morgan fingerprint density at radius 2 is 2.38 bits per heavy atom. The first-order chi connectivity index (χ1) is 3.83. The molecule has 0 aromatic carbocycles. The number of rotatable bonds is 3. The van der Waals surface area contributed by atoms with Crippen LogP contribution in [0.2, 0.25) is 0 Å². The highest BCUT2D eigenvalue weighted by atomic mass is 16.1. The molecule has 2 heteroatoms. The molecule has 1 N–H and O–H groups in total. The lowest BCUT2D eigenvalue weighted by Gasteiger charge is -2.04. The van der Waals surface area contributed by atoms with E-state index in [1.165, 1.54) is 0 Å². The lowest BCUT2D eigenvalue weighted by molar-refractivity contribution is -0.110. The minimum absolute atomic E-state index is 0.151. The number of nitrogens with one attached hydrogen (secondary N) is 1. The van der Waals surface area contributed by atoms with E-state index in [4.69, 9.17) is 0 Å². The van der Waals surface area contributed by atoms with Crippen molar-refractivity contribution in [2.45, 2.75) is 18.4 Å². The van der Waals surface area contributed by atoms with Crippen LogP contribution in [0.3, 0.4) is 0 Å². The number of carbonyl (C=O) groups is 1. The molecule has 2 nitrogen and oxygen atoms in total. The van der Waals surface area contributed by atoms with Gasteiger partial charge in [-0.05, 0) is 26.3 Å². The highest BCUT2D eigenvalue weighted by Crippen LogP contribution is 2.32. The Bertz CT molecular complexity index is 96.7. The summed E-state index contributed by atoms with van der Waals surface area (Å²) < 4.78 is 0. The first-order valence-corrected chi connectivity index (χ1v) is 2.84. The second-order valence-corrected chi connectivity index (χ2v) is 2.20. The molecule has 1 saturated carbocycles. The molecule has 0 unspecified atom stereocenters. The van der Waals surface area contributed by atoms with E-state index in [0.717, 1.165) is 19.1 Å². The van der Waals surface area contributed by atoms with E-state index in [2.05, 4.69) is 12.2 Å². The third-order valence-corrected chi connectivity index (χ3v) is 1.49. The second-order valence-electron chi connectivity index (χ2n) is 2.20. The van der Waals surface area contributed by atoms with Gasteiger partial charge in [-0.15, -0.1) is 0 Å². The van der Waals surface area contributed by atoms with Gasteiger partial charge in [-0.2, -0.15) is 0 Å². The second kappa shape index (κ2) is 1.86. The summed E-state index contributed by atoms with van der Waals surface area (Å²) in [5.41, 5.74) is -0.151. The van der Waals surface area contributed by atoms with Gasteiger partial charge >= 0.3 is 0 Å². The zero-order valence-electron chi connectivity index (χ0n) is 4.81. The maximum absolute atomic E-state index is 10.2. The number of aldehydes is 1. The lowest BCUT2D eigenvalue weighted by atomic mass is 10.3. The summed E-state index contributed by atoms with van der Waals surface area (Å²) >= 11 is 0. The molecule has 0 atom stereocenters. The van der Waals surface area contributed by atoms with Crippen LogP contribution in [0.4, 0.5) is 0 Å². The van der Waals surface area contributed by atoms with Crippen molar-refractivity contribution in [2.75, 3.05) is 6.54 Å². The molecule has 8 heavy (non-hydrogen) atoms. The molecule has 0 saturated heterocycles. The maximum atomic E-state index is 10.2. The summed E-state index contributed by atoms with van der Waals surface area (Å²) in [6, 6.07) is 0. The zero-order valence-corrected chi connectivity index (χ0v) is 4.81. The molecule has 1 rings (SSSR count). The Labute approximate surface area is 49.3 Å². The number of hydrogen-bond acceptors (Lipinski definition) is 2. The molecule has 0 aromatic heterocycles. The highest BCUT2D eigenvalue weighted by molar-refractivity contribution is 5.68. The summed E-state index contributed by atoms with van der Waals surface area (Å²) in [6.45, 7) is 4.24. The van der Waals surface area contributed by atoms with Gasteiger partial charge in [0.25, 0.3) is 0 Å². The van der Waals surface area contributed by atoms with Gasteiger partial charge in [0.1, 0.15) is 6.29 Å². The van der Waals surface area contributed by atoms with Crippen LogP contribution in [0, 0.1) is 6.92 Å². The van der Waals surface area contributed by atoms with Crippen LogP contribution in [0.15, 0.2) is 0 Å². The summed E-state index contributed by atoms with van der Waals surface area (Å²) in [4.78, 5) is 10.2. The molecule has 1 aliphatic rings. The van der Waals surface area contributed by atoms with Gasteiger partial charge in [-0.25, -0.2) is 0 Å². The largest absolute Gasteiger partial charge is 0.305 e. The average Bonchev–Trinajstić information content (AvgIpc) is 2.50. The molecule has 0 heterocycles. The standard InChI is InChI=1S/C6H10NO/c1-2-7-6(5-8)3-4-6/h5,7H,1-4H2. The van der Waals surface area contributed by atoms with Gasteiger partial charge in [0.15, 0.2) is 0 Å². The van der Waals surface area contributed by atoms with Gasteiger partial charge in [-0.3, -0.25) is 0 Å². The Hall–Kier alpha value is -0.370. The number of hydrogen-bond donors (Lipinski definition) is 1. The van der Waals surface area contributed by atoms with Crippen molar-refractivity contribution in [2.24, 2.45) is 0 Å². The molecule has 0 aliphatic heterocycles. The van der Waals surface area contributed by atoms with E-state index in [0.29, 0.717) is 6.54 Å². The van der Waals surface area contributed by atoms with E-state index in [9.17, 15) is 4.79 Å². The van der Waals surface area contributed by atoms with Crippen molar-refractivity contribution in [3.05, 3.63) is 6.92 Å². The summed E-state index contributed by atoms with van der Waals surface area (Å²) in [5.74, 6) is 0. The van der Waals surface area contributed by atoms with Crippen LogP contribution < -0.4 is 5.32 Å².